The zero-order chi connectivity index (χ0) is 22.4. The van der Waals surface area contributed by atoms with Gasteiger partial charge in [-0.1, -0.05) is 29.8 Å². The number of amides is 2. The van der Waals surface area contributed by atoms with Crippen LogP contribution in [0.4, 0.5) is 4.79 Å². The Balaban J connectivity index is 1.57. The first-order chi connectivity index (χ1) is 14.8. The Bertz CT molecular complexity index is 1040. The summed E-state index contributed by atoms with van der Waals surface area (Å²) in [5.74, 6) is 0.0988. The molecular formula is C23H26N4O4. The molecule has 0 aliphatic heterocycles. The van der Waals surface area contributed by atoms with Gasteiger partial charge in [-0.2, -0.15) is 0 Å². The topological polar surface area (TPSA) is 106 Å². The number of carbonyl (C=O) groups excluding carboxylic acids is 2. The van der Waals surface area contributed by atoms with Gasteiger partial charge in [-0.05, 0) is 57.5 Å². The number of esters is 1. The summed E-state index contributed by atoms with van der Waals surface area (Å²) < 4.78 is 11.1. The van der Waals surface area contributed by atoms with Crippen molar-refractivity contribution >= 4 is 12.0 Å². The van der Waals surface area contributed by atoms with E-state index in [9.17, 15) is 9.59 Å². The van der Waals surface area contributed by atoms with Crippen molar-refractivity contribution in [3.05, 3.63) is 71.1 Å². The normalized spacial score (nSPS) is 11.8. The highest BCUT2D eigenvalue weighted by Gasteiger charge is 2.20. The molecule has 0 unspecified atom stereocenters. The summed E-state index contributed by atoms with van der Waals surface area (Å²) in [6.45, 7) is 7.79. The van der Waals surface area contributed by atoms with Gasteiger partial charge in [0.2, 0.25) is 5.89 Å². The quantitative estimate of drug-likeness (QED) is 0.554. The molecule has 31 heavy (non-hydrogen) atoms. The highest BCUT2D eigenvalue weighted by molar-refractivity contribution is 5.89. The van der Waals surface area contributed by atoms with Crippen molar-refractivity contribution in [1.29, 1.82) is 0 Å². The van der Waals surface area contributed by atoms with Crippen LogP contribution < -0.4 is 10.6 Å². The number of hydrogen-bond donors (Lipinski definition) is 2. The number of ether oxygens (including phenoxy) is 1. The van der Waals surface area contributed by atoms with Crippen LogP contribution in [-0.2, 0) is 11.3 Å². The molecule has 1 heterocycles. The molecule has 162 valence electrons. The lowest BCUT2D eigenvalue weighted by Crippen LogP contribution is -2.39. The summed E-state index contributed by atoms with van der Waals surface area (Å²) >= 11 is 0. The van der Waals surface area contributed by atoms with Gasteiger partial charge in [-0.15, -0.1) is 10.2 Å². The first-order valence-corrected chi connectivity index (χ1v) is 10.1. The number of nitrogens with one attached hydrogen (secondary N) is 2. The molecule has 0 saturated carbocycles. The molecule has 0 fully saturated rings. The Hall–Kier alpha value is -3.68. The summed E-state index contributed by atoms with van der Waals surface area (Å²) in [6.07, 6.45) is -0.695. The van der Waals surface area contributed by atoms with Gasteiger partial charge in [-0.3, -0.25) is 0 Å². The van der Waals surface area contributed by atoms with E-state index in [0.717, 1.165) is 16.7 Å². The van der Waals surface area contributed by atoms with Crippen molar-refractivity contribution in [1.82, 2.24) is 20.8 Å². The molecule has 2 N–H and O–H groups in total. The van der Waals surface area contributed by atoms with Gasteiger partial charge in [-0.25, -0.2) is 9.59 Å². The van der Waals surface area contributed by atoms with E-state index in [1.807, 2.05) is 45.0 Å². The van der Waals surface area contributed by atoms with Crippen LogP contribution in [0.15, 0.2) is 52.9 Å². The van der Waals surface area contributed by atoms with Crippen LogP contribution in [0.25, 0.3) is 11.5 Å². The Labute approximate surface area is 181 Å². The molecule has 3 aromatic rings. The fourth-order valence-electron chi connectivity index (χ4n) is 2.83. The molecule has 2 aromatic carbocycles. The SMILES string of the molecule is Cc1cccc(-c2nnc([C@@H](C)OC(=O)c3ccc(CNC(=O)NC(C)C)cc3)o2)c1. The molecule has 0 bridgehead atoms. The molecule has 0 saturated heterocycles. The first-order valence-electron chi connectivity index (χ1n) is 10.1. The molecule has 2 amide bonds. The molecule has 8 nitrogen and oxygen atoms in total. The number of nitrogens with zero attached hydrogens (tertiary/aromatic N) is 2. The number of aromatic nitrogens is 2. The van der Waals surface area contributed by atoms with Gasteiger partial charge >= 0.3 is 12.0 Å². The monoisotopic (exact) mass is 422 g/mol. The summed E-state index contributed by atoms with van der Waals surface area (Å²) in [4.78, 5) is 24.1. The number of carbonyl (C=O) groups is 2. The van der Waals surface area contributed by atoms with E-state index in [-0.39, 0.29) is 18.0 Å². The van der Waals surface area contributed by atoms with Gasteiger partial charge in [0.05, 0.1) is 5.56 Å². The molecule has 1 atom stereocenters. The molecule has 0 radical (unpaired) electrons. The van der Waals surface area contributed by atoms with Crippen molar-refractivity contribution in [2.75, 3.05) is 0 Å². The van der Waals surface area contributed by atoms with Crippen molar-refractivity contribution in [2.45, 2.75) is 46.4 Å². The van der Waals surface area contributed by atoms with Crippen LogP contribution >= 0.6 is 0 Å². The summed E-state index contributed by atoms with van der Waals surface area (Å²) in [5, 5.41) is 13.6. The lowest BCUT2D eigenvalue weighted by Gasteiger charge is -2.11. The van der Waals surface area contributed by atoms with E-state index < -0.39 is 12.1 Å². The molecule has 3 rings (SSSR count). The Morgan fingerprint density at radius 1 is 1.06 bits per heavy atom. The predicted molar refractivity (Wildman–Crippen MR) is 115 cm³/mol. The van der Waals surface area contributed by atoms with Crippen molar-refractivity contribution in [2.24, 2.45) is 0 Å². The van der Waals surface area contributed by atoms with Crippen molar-refractivity contribution in [3.63, 3.8) is 0 Å². The number of benzene rings is 2. The van der Waals surface area contributed by atoms with Crippen molar-refractivity contribution < 1.29 is 18.7 Å². The second-order valence-electron chi connectivity index (χ2n) is 7.54. The van der Waals surface area contributed by atoms with Crippen molar-refractivity contribution in [3.8, 4) is 11.5 Å². The molecule has 8 heteroatoms. The Morgan fingerprint density at radius 2 is 1.81 bits per heavy atom. The largest absolute Gasteiger partial charge is 0.449 e. The number of aryl methyl sites for hydroxylation is 1. The van der Waals surface area contributed by atoms with Crippen LogP contribution in [0.1, 0.15) is 54.3 Å². The third-order valence-electron chi connectivity index (χ3n) is 4.40. The summed E-state index contributed by atoms with van der Waals surface area (Å²) in [7, 11) is 0. The van der Waals surface area contributed by atoms with Gasteiger partial charge in [0.1, 0.15) is 0 Å². The van der Waals surface area contributed by atoms with Crippen LogP contribution in [-0.4, -0.2) is 28.2 Å². The third kappa shape index (κ3) is 6.15. The minimum Gasteiger partial charge on any atom is -0.449 e. The van der Waals surface area contributed by atoms with Crippen LogP contribution in [0, 0.1) is 6.92 Å². The number of rotatable bonds is 7. The number of hydrogen-bond acceptors (Lipinski definition) is 6. The molecule has 0 aliphatic rings. The highest BCUT2D eigenvalue weighted by Crippen LogP contribution is 2.23. The zero-order valence-electron chi connectivity index (χ0n) is 18.0. The Kier molecular flexibility index (Phi) is 7.02. The zero-order valence-corrected chi connectivity index (χ0v) is 18.0. The average Bonchev–Trinajstić information content (AvgIpc) is 3.23. The Morgan fingerprint density at radius 3 is 2.48 bits per heavy atom. The van der Waals surface area contributed by atoms with Gasteiger partial charge in [0.25, 0.3) is 5.89 Å². The van der Waals surface area contributed by atoms with E-state index in [1.165, 1.54) is 0 Å². The first kappa shape index (κ1) is 22.0. The van der Waals surface area contributed by atoms with E-state index in [4.69, 9.17) is 9.15 Å². The minimum absolute atomic E-state index is 0.0610. The second-order valence-corrected chi connectivity index (χ2v) is 7.54. The molecule has 0 spiro atoms. The molecule has 0 aliphatic carbocycles. The highest BCUT2D eigenvalue weighted by atomic mass is 16.6. The fourth-order valence-corrected chi connectivity index (χ4v) is 2.83. The predicted octanol–water partition coefficient (Wildman–Crippen LogP) is 4.17. The standard InChI is InChI=1S/C23H26N4O4/c1-14(2)25-23(29)24-13-17-8-10-18(11-9-17)22(28)30-16(4)20-26-27-21(31-20)19-7-5-6-15(3)12-19/h5-12,14,16H,13H2,1-4H3,(H2,24,25,29)/t16-/m1/s1. The molecular weight excluding hydrogens is 396 g/mol. The van der Waals surface area contributed by atoms with E-state index in [2.05, 4.69) is 20.8 Å². The summed E-state index contributed by atoms with van der Waals surface area (Å²) in [6, 6.07) is 14.4. The lowest BCUT2D eigenvalue weighted by molar-refractivity contribution is 0.0280. The van der Waals surface area contributed by atoms with Crippen LogP contribution in [0.2, 0.25) is 0 Å². The third-order valence-corrected chi connectivity index (χ3v) is 4.40. The van der Waals surface area contributed by atoms with E-state index in [0.29, 0.717) is 18.0 Å². The summed E-state index contributed by atoms with van der Waals surface area (Å²) in [5.41, 5.74) is 3.14. The van der Waals surface area contributed by atoms with Gasteiger partial charge in [0.15, 0.2) is 6.10 Å². The van der Waals surface area contributed by atoms with Gasteiger partial charge in [0, 0.05) is 18.2 Å². The maximum Gasteiger partial charge on any atom is 0.338 e. The molecule has 1 aromatic heterocycles. The maximum atomic E-state index is 12.5. The van der Waals surface area contributed by atoms with Crippen LogP contribution in [0.3, 0.4) is 0 Å². The second kappa shape index (κ2) is 9.88. The van der Waals surface area contributed by atoms with Crippen LogP contribution in [0.5, 0.6) is 0 Å². The fraction of sp³-hybridized carbons (Fsp3) is 0.304. The minimum atomic E-state index is -0.695. The van der Waals surface area contributed by atoms with E-state index >= 15 is 0 Å². The number of urea groups is 1. The lowest BCUT2D eigenvalue weighted by atomic mass is 10.1. The maximum absolute atomic E-state index is 12.5. The van der Waals surface area contributed by atoms with Gasteiger partial charge < -0.3 is 19.8 Å². The van der Waals surface area contributed by atoms with E-state index in [1.54, 1.807) is 31.2 Å². The average molecular weight is 422 g/mol. The smallest absolute Gasteiger partial charge is 0.338 e.